The lowest BCUT2D eigenvalue weighted by Gasteiger charge is -2.21. The van der Waals surface area contributed by atoms with Crippen LogP contribution in [0.15, 0.2) is 12.3 Å². The molecule has 1 saturated carbocycles. The number of hydrogen-bond donors (Lipinski definition) is 0. The van der Waals surface area contributed by atoms with E-state index in [9.17, 15) is 4.79 Å². The van der Waals surface area contributed by atoms with Gasteiger partial charge in [-0.05, 0) is 24.7 Å². The second-order valence-electron chi connectivity index (χ2n) is 4.93. The maximum absolute atomic E-state index is 11.7. The number of rotatable bonds is 6. The molecule has 0 N–H and O–H groups in total. The van der Waals surface area contributed by atoms with Crippen molar-refractivity contribution in [2.24, 2.45) is 0 Å². The molecule has 2 rings (SSSR count). The van der Waals surface area contributed by atoms with Crippen LogP contribution in [0.1, 0.15) is 50.8 Å². The van der Waals surface area contributed by atoms with Crippen molar-refractivity contribution in [3.63, 3.8) is 0 Å². The Morgan fingerprint density at radius 2 is 2.22 bits per heavy atom. The Hall–Kier alpha value is -0.770. The van der Waals surface area contributed by atoms with E-state index in [4.69, 9.17) is 0 Å². The smallest absolute Gasteiger partial charge is 0.148 e. The molecule has 4 heteroatoms. The standard InChI is InChI=1S/C14H22N2OS/c1-2-18-11-14(17)10-12-8-9-16(15-12)13-6-4-3-5-7-13/h8-9,13H,2-7,10-11H2,1H3. The van der Waals surface area contributed by atoms with Crippen LogP contribution in [0.2, 0.25) is 0 Å². The molecular weight excluding hydrogens is 244 g/mol. The normalized spacial score (nSPS) is 16.9. The lowest BCUT2D eigenvalue weighted by molar-refractivity contribution is -0.116. The Labute approximate surface area is 113 Å². The average molecular weight is 266 g/mol. The van der Waals surface area contributed by atoms with E-state index in [1.165, 1.54) is 32.1 Å². The Bertz CT molecular complexity index is 383. The fourth-order valence-corrected chi connectivity index (χ4v) is 3.02. The van der Waals surface area contributed by atoms with Crippen molar-refractivity contribution in [1.82, 2.24) is 9.78 Å². The van der Waals surface area contributed by atoms with E-state index in [2.05, 4.69) is 16.7 Å². The van der Waals surface area contributed by atoms with Gasteiger partial charge in [0.25, 0.3) is 0 Å². The molecule has 1 aliphatic carbocycles. The maximum Gasteiger partial charge on any atom is 0.148 e. The van der Waals surface area contributed by atoms with Gasteiger partial charge in [0, 0.05) is 6.20 Å². The molecule has 1 aromatic heterocycles. The van der Waals surface area contributed by atoms with Crippen LogP contribution >= 0.6 is 11.8 Å². The summed E-state index contributed by atoms with van der Waals surface area (Å²) in [5, 5.41) is 4.57. The fraction of sp³-hybridized carbons (Fsp3) is 0.714. The summed E-state index contributed by atoms with van der Waals surface area (Å²) in [4.78, 5) is 11.7. The second-order valence-corrected chi connectivity index (χ2v) is 6.21. The minimum Gasteiger partial charge on any atom is -0.298 e. The highest BCUT2D eigenvalue weighted by atomic mass is 32.2. The minimum atomic E-state index is 0.288. The second kappa shape index (κ2) is 6.98. The van der Waals surface area contributed by atoms with E-state index in [-0.39, 0.29) is 5.78 Å². The maximum atomic E-state index is 11.7. The number of aromatic nitrogens is 2. The highest BCUT2D eigenvalue weighted by Crippen LogP contribution is 2.27. The summed E-state index contributed by atoms with van der Waals surface area (Å²) in [6.45, 7) is 2.08. The third kappa shape index (κ3) is 3.87. The van der Waals surface area contributed by atoms with Crippen LogP contribution < -0.4 is 0 Å². The quantitative estimate of drug-likeness (QED) is 0.792. The van der Waals surface area contributed by atoms with Crippen LogP contribution in [0.4, 0.5) is 0 Å². The van der Waals surface area contributed by atoms with Gasteiger partial charge in [-0.15, -0.1) is 0 Å². The molecule has 0 unspecified atom stereocenters. The molecule has 0 atom stereocenters. The van der Waals surface area contributed by atoms with Crippen LogP contribution in [-0.2, 0) is 11.2 Å². The molecule has 0 amide bonds. The van der Waals surface area contributed by atoms with Gasteiger partial charge < -0.3 is 0 Å². The largest absolute Gasteiger partial charge is 0.298 e. The van der Waals surface area contributed by atoms with E-state index in [0.29, 0.717) is 18.2 Å². The first kappa shape index (κ1) is 13.7. The van der Waals surface area contributed by atoms with Crippen LogP contribution in [-0.4, -0.2) is 27.1 Å². The van der Waals surface area contributed by atoms with Gasteiger partial charge >= 0.3 is 0 Å². The molecule has 0 spiro atoms. The molecule has 0 aromatic carbocycles. The monoisotopic (exact) mass is 266 g/mol. The summed E-state index contributed by atoms with van der Waals surface area (Å²) in [7, 11) is 0. The number of hydrogen-bond acceptors (Lipinski definition) is 3. The van der Waals surface area contributed by atoms with Crippen LogP contribution in [0.25, 0.3) is 0 Å². The molecule has 0 aliphatic heterocycles. The van der Waals surface area contributed by atoms with E-state index < -0.39 is 0 Å². The van der Waals surface area contributed by atoms with Crippen molar-refractivity contribution in [1.29, 1.82) is 0 Å². The van der Waals surface area contributed by atoms with Crippen molar-refractivity contribution < 1.29 is 4.79 Å². The van der Waals surface area contributed by atoms with Crippen LogP contribution in [0, 0.1) is 0 Å². The zero-order valence-electron chi connectivity index (χ0n) is 11.1. The van der Waals surface area contributed by atoms with Crippen molar-refractivity contribution >= 4 is 17.5 Å². The van der Waals surface area contributed by atoms with Crippen molar-refractivity contribution in [2.75, 3.05) is 11.5 Å². The minimum absolute atomic E-state index is 0.288. The first-order valence-corrected chi connectivity index (χ1v) is 8.08. The van der Waals surface area contributed by atoms with Gasteiger partial charge in [-0.3, -0.25) is 9.48 Å². The van der Waals surface area contributed by atoms with Crippen molar-refractivity contribution in [3.05, 3.63) is 18.0 Å². The number of thioether (sulfide) groups is 1. The van der Waals surface area contributed by atoms with Gasteiger partial charge in [0.15, 0.2) is 0 Å². The molecule has 1 aliphatic rings. The SMILES string of the molecule is CCSCC(=O)Cc1ccn(C2CCCCC2)n1. The van der Waals surface area contributed by atoms with Crippen molar-refractivity contribution in [2.45, 2.75) is 51.5 Å². The Kier molecular flexibility index (Phi) is 5.29. The summed E-state index contributed by atoms with van der Waals surface area (Å²) in [6.07, 6.45) is 9.00. The van der Waals surface area contributed by atoms with E-state index >= 15 is 0 Å². The first-order valence-electron chi connectivity index (χ1n) is 6.93. The van der Waals surface area contributed by atoms with Gasteiger partial charge in [-0.25, -0.2) is 0 Å². The van der Waals surface area contributed by atoms with Crippen molar-refractivity contribution in [3.8, 4) is 0 Å². The predicted octanol–water partition coefficient (Wildman–Crippen LogP) is 3.25. The molecule has 1 fully saturated rings. The summed E-state index contributed by atoms with van der Waals surface area (Å²) in [5.74, 6) is 1.91. The number of carbonyl (C=O) groups excluding carboxylic acids is 1. The Morgan fingerprint density at radius 3 is 2.94 bits per heavy atom. The molecular formula is C14H22N2OS. The number of carbonyl (C=O) groups is 1. The third-order valence-corrected chi connectivity index (χ3v) is 4.39. The van der Waals surface area contributed by atoms with Gasteiger partial charge in [0.2, 0.25) is 0 Å². The summed E-state index contributed by atoms with van der Waals surface area (Å²) in [6, 6.07) is 2.57. The molecule has 3 nitrogen and oxygen atoms in total. The third-order valence-electron chi connectivity index (χ3n) is 3.46. The van der Waals surface area contributed by atoms with E-state index in [1.807, 2.05) is 12.3 Å². The molecule has 1 heterocycles. The Morgan fingerprint density at radius 1 is 1.44 bits per heavy atom. The zero-order chi connectivity index (χ0) is 12.8. The molecule has 0 saturated heterocycles. The topological polar surface area (TPSA) is 34.9 Å². The predicted molar refractivity (Wildman–Crippen MR) is 76.1 cm³/mol. The summed E-state index contributed by atoms with van der Waals surface area (Å²) in [5.41, 5.74) is 0.933. The lowest BCUT2D eigenvalue weighted by atomic mass is 9.96. The first-order chi connectivity index (χ1) is 8.79. The van der Waals surface area contributed by atoms with Gasteiger partial charge in [-0.2, -0.15) is 16.9 Å². The van der Waals surface area contributed by atoms with Crippen LogP contribution in [0.5, 0.6) is 0 Å². The number of Topliss-reactive ketones (excluding diaryl/α,β-unsaturated/α-hetero) is 1. The lowest BCUT2D eigenvalue weighted by Crippen LogP contribution is -2.14. The number of nitrogens with zero attached hydrogens (tertiary/aromatic N) is 2. The number of ketones is 1. The highest BCUT2D eigenvalue weighted by Gasteiger charge is 2.16. The fourth-order valence-electron chi connectivity index (χ4n) is 2.49. The van der Waals surface area contributed by atoms with Crippen LogP contribution in [0.3, 0.4) is 0 Å². The summed E-state index contributed by atoms with van der Waals surface area (Å²) >= 11 is 1.69. The average Bonchev–Trinajstić information content (AvgIpc) is 2.86. The molecule has 0 bridgehead atoms. The van der Waals surface area contributed by atoms with E-state index in [1.54, 1.807) is 11.8 Å². The van der Waals surface area contributed by atoms with Gasteiger partial charge in [-0.1, -0.05) is 26.2 Å². The highest BCUT2D eigenvalue weighted by molar-refractivity contribution is 7.99. The summed E-state index contributed by atoms with van der Waals surface area (Å²) < 4.78 is 2.08. The molecule has 0 radical (unpaired) electrons. The molecule has 100 valence electrons. The Balaban J connectivity index is 1.87. The van der Waals surface area contributed by atoms with Gasteiger partial charge in [0.05, 0.1) is 23.9 Å². The zero-order valence-corrected chi connectivity index (χ0v) is 11.9. The molecule has 1 aromatic rings. The van der Waals surface area contributed by atoms with E-state index in [0.717, 1.165) is 11.4 Å². The van der Waals surface area contributed by atoms with Gasteiger partial charge in [0.1, 0.15) is 5.78 Å². The molecule has 18 heavy (non-hydrogen) atoms.